The molecule has 0 spiro atoms. The molecule has 0 unspecified atom stereocenters. The summed E-state index contributed by atoms with van der Waals surface area (Å²) in [6.45, 7) is 31.5. The maximum atomic E-state index is 13.4. The van der Waals surface area contributed by atoms with E-state index in [-0.39, 0.29) is 12.5 Å². The Labute approximate surface area is 801 Å². The predicted octanol–water partition coefficient (Wildman–Crippen LogP) is 14.5. The number of nitrogens with one attached hydrogen (secondary N) is 1. The Kier molecular flexibility index (Phi) is 37.9. The van der Waals surface area contributed by atoms with Crippen LogP contribution >= 0.6 is 47.0 Å². The van der Waals surface area contributed by atoms with Gasteiger partial charge in [-0.05, 0) is 239 Å². The lowest BCUT2D eigenvalue weighted by molar-refractivity contribution is -0.138. The highest BCUT2D eigenvalue weighted by Crippen LogP contribution is 2.54. The van der Waals surface area contributed by atoms with E-state index in [9.17, 15) is 48.0 Å². The molecule has 0 radical (unpaired) electrons. The Morgan fingerprint density at radius 3 is 0.835 bits per heavy atom. The van der Waals surface area contributed by atoms with Gasteiger partial charge in [-0.1, -0.05) is 95.6 Å². The average molecular weight is 1950 g/mol. The van der Waals surface area contributed by atoms with E-state index in [1.54, 1.807) is 76.0 Å². The average Bonchev–Trinajstić information content (AvgIpc) is 0.764. The second-order valence-electron chi connectivity index (χ2n) is 35.2. The van der Waals surface area contributed by atoms with E-state index >= 15 is 0 Å². The van der Waals surface area contributed by atoms with Crippen molar-refractivity contribution in [3.8, 4) is 0 Å². The van der Waals surface area contributed by atoms with Crippen LogP contribution in [0.3, 0.4) is 0 Å². The van der Waals surface area contributed by atoms with Gasteiger partial charge in [-0.25, -0.2) is 25.4 Å². The number of nitrogens with two attached hydrogens (primary N) is 3. The smallest absolute Gasteiger partial charge is 0.355 e. The molecule has 133 heavy (non-hydrogen) atoms. The van der Waals surface area contributed by atoms with Crippen molar-refractivity contribution in [2.45, 2.75) is 106 Å². The Morgan fingerprint density at radius 1 is 0.323 bits per heavy atom. The molecule has 36 heteroatoms. The minimum atomic E-state index is -4.36. The molecule has 4 saturated heterocycles. The molecule has 4 fully saturated rings. The molecule has 0 aromatic heterocycles. The van der Waals surface area contributed by atoms with Gasteiger partial charge >= 0.3 is 12.4 Å². The van der Waals surface area contributed by atoms with Crippen LogP contribution in [-0.4, -0.2) is 334 Å². The van der Waals surface area contributed by atoms with E-state index in [0.717, 1.165) is 298 Å². The number of amides is 1. The van der Waals surface area contributed by atoms with E-state index in [0.29, 0.717) is 40.8 Å². The number of nitrogens with zero attached hydrogens (tertiary/aromatic N) is 15. The normalized spacial score (nSPS) is 17.2. The molecule has 8 aliphatic heterocycles. The zero-order valence-corrected chi connectivity index (χ0v) is 82.5. The van der Waals surface area contributed by atoms with Gasteiger partial charge in [0.2, 0.25) is 26.0 Å². The first-order valence-electron chi connectivity index (χ1n) is 46.5. The first kappa shape index (κ1) is 103. The van der Waals surface area contributed by atoms with Crippen LogP contribution in [0.4, 0.5) is 71.8 Å². The SMILES string of the molecule is CN(C)CCN1CCN(CCCN2c3ccccc3Sc3ccc(S(=O)(=O)N(C)C)cc32)CC1.CN(C)S(=O)(=O)c1ccc2c(c1)N(CCCN1CCN(CCCN)CC1)c1ccccc1S2.NCC(=O)NCCCN1CCN(CCCN2c3ccccc3Sc3ccc(C(F)(F)F)cc32)CC1.NCCCN1CCN(CCCN2c3ccccc3Sc3ccc(C(F)(F)F)cc32)CC1. The quantitative estimate of drug-likeness (QED) is 0.0217. The number of likely N-dealkylation sites (N-methyl/N-ethyl adjacent to an activating group) is 1. The highest BCUT2D eigenvalue weighted by atomic mass is 32.2. The summed E-state index contributed by atoms with van der Waals surface area (Å²) in [7, 11) is 3.60. The Balaban J connectivity index is 0.000000151. The number of hydrogen-bond donors (Lipinski definition) is 4. The Hall–Kier alpha value is -7.25. The third-order valence-corrected chi connectivity index (χ3v) is 33.5. The second kappa shape index (κ2) is 48.9. The summed E-state index contributed by atoms with van der Waals surface area (Å²) in [6, 6.07) is 51.8. The van der Waals surface area contributed by atoms with Crippen molar-refractivity contribution in [3.63, 3.8) is 0 Å². The van der Waals surface area contributed by atoms with Gasteiger partial charge in [-0.3, -0.25) is 9.69 Å². The number of hydrogen-bond acceptors (Lipinski definition) is 25. The van der Waals surface area contributed by atoms with E-state index in [1.807, 2.05) is 77.7 Å². The number of halogens is 6. The number of alkyl halides is 6. The molecule has 1 amide bonds. The highest BCUT2D eigenvalue weighted by molar-refractivity contribution is 8.00. The molecule has 8 aromatic rings. The molecule has 0 bridgehead atoms. The lowest BCUT2D eigenvalue weighted by Crippen LogP contribution is -2.48. The molecule has 7 N–H and O–H groups in total. The van der Waals surface area contributed by atoms with Gasteiger partial charge in [0, 0.05) is 218 Å². The highest BCUT2D eigenvalue weighted by Gasteiger charge is 2.37. The van der Waals surface area contributed by atoms with Crippen molar-refractivity contribution in [1.29, 1.82) is 0 Å². The number of sulfonamides is 2. The fourth-order valence-corrected chi connectivity index (χ4v) is 23.8. The molecule has 0 atom stereocenters. The minimum Gasteiger partial charge on any atom is -0.355 e. The van der Waals surface area contributed by atoms with Crippen molar-refractivity contribution in [1.82, 2.24) is 58.0 Å². The van der Waals surface area contributed by atoms with E-state index in [4.69, 9.17) is 17.2 Å². The number of piperazine rings is 4. The summed E-state index contributed by atoms with van der Waals surface area (Å²) in [5, 5.41) is 2.80. The maximum Gasteiger partial charge on any atom is 0.416 e. The molecule has 8 aliphatic rings. The topological polar surface area (TPSA) is 224 Å². The predicted molar refractivity (Wildman–Crippen MR) is 530 cm³/mol. The Morgan fingerprint density at radius 2 is 0.571 bits per heavy atom. The van der Waals surface area contributed by atoms with Crippen LogP contribution in [0, 0.1) is 0 Å². The number of carbonyl (C=O) groups excluding carboxylic acids is 1. The summed E-state index contributed by atoms with van der Waals surface area (Å²) in [5.74, 6) is -0.123. The van der Waals surface area contributed by atoms with Gasteiger partial charge in [0.05, 0.1) is 73.0 Å². The number of rotatable bonds is 34. The fraction of sp³-hybridized carbons (Fsp3) is 0.495. The molecule has 24 nitrogen and oxygen atoms in total. The fourth-order valence-electron chi connectivity index (χ4n) is 17.7. The number of fused-ring (bicyclic) bond motifs is 8. The molecular formula is C97H133F6N19O5S6. The van der Waals surface area contributed by atoms with Crippen molar-refractivity contribution in [2.75, 3.05) is 278 Å². The molecule has 16 rings (SSSR count). The number of carbonyl (C=O) groups is 1. The summed E-state index contributed by atoms with van der Waals surface area (Å²) in [5.41, 5.74) is 22.9. The summed E-state index contributed by atoms with van der Waals surface area (Å²) < 4.78 is 134. The third kappa shape index (κ3) is 28.1. The summed E-state index contributed by atoms with van der Waals surface area (Å²) >= 11 is 6.48. The van der Waals surface area contributed by atoms with Crippen LogP contribution in [0.1, 0.15) is 56.1 Å². The minimum absolute atomic E-state index is 0.0234. The van der Waals surface area contributed by atoms with Crippen LogP contribution in [0.2, 0.25) is 0 Å². The van der Waals surface area contributed by atoms with Crippen LogP contribution in [0.15, 0.2) is 219 Å². The number of anilines is 8. The number of benzene rings is 8. The molecular weight excluding hydrogens is 1820 g/mol. The van der Waals surface area contributed by atoms with Gasteiger partial charge in [-0.2, -0.15) is 26.3 Å². The van der Waals surface area contributed by atoms with Crippen molar-refractivity contribution in [3.05, 3.63) is 181 Å². The summed E-state index contributed by atoms with van der Waals surface area (Å²) in [4.78, 5) is 51.2. The van der Waals surface area contributed by atoms with Gasteiger partial charge in [0.1, 0.15) is 0 Å². The first-order chi connectivity index (χ1) is 63.9. The first-order valence-corrected chi connectivity index (χ1v) is 52.6. The van der Waals surface area contributed by atoms with Gasteiger partial charge in [0.25, 0.3) is 0 Å². The third-order valence-electron chi connectivity index (χ3n) is 25.3. The van der Waals surface area contributed by atoms with Gasteiger partial charge < -0.3 is 81.3 Å². The molecule has 8 heterocycles. The van der Waals surface area contributed by atoms with E-state index in [2.05, 4.69) is 127 Å². The monoisotopic (exact) mass is 1950 g/mol. The van der Waals surface area contributed by atoms with Gasteiger partial charge in [0.15, 0.2) is 0 Å². The maximum absolute atomic E-state index is 13.4. The molecule has 0 saturated carbocycles. The van der Waals surface area contributed by atoms with Crippen molar-refractivity contribution < 1.29 is 48.0 Å². The Bertz CT molecular complexity index is 5330. The van der Waals surface area contributed by atoms with Crippen molar-refractivity contribution in [2.24, 2.45) is 17.2 Å². The molecule has 724 valence electrons. The lowest BCUT2D eigenvalue weighted by atomic mass is 10.1. The van der Waals surface area contributed by atoms with E-state index < -0.39 is 43.5 Å². The standard InChI is InChI=1S/C25H32F3N5OS.C25H37N5O2S2.C24H35N5O2S2.C23H29F3N4S/c26-25(27,28)19-7-8-23-21(17-19)33(20-5-1-2-6-22(20)35-23)12-4-11-32-15-13-31(14-16-32)10-3-9-30-24(34)18-29;1-26(2)14-15-29-18-16-28(17-19-29)12-7-13-30-22-8-5-6-9-24(22)33-25-11-10-21(20-23(25)30)34(31,32)27(3)4;1-26(2)33(30,31)20-9-10-24-22(19-20)29(21-7-3-4-8-23(21)32-24)14-6-13-28-17-15-27(16-18-28)12-5-11-25;24-23(25,26)18-7-8-22-20(17-18)30(19-5-1-2-6-21(19)31-22)12-4-11-29-15-13-28(14-16-29)10-3-9-27/h1-2,5-8,17H,3-4,9-16,18,29H2,(H,30,34);5-6,8-11,20H,7,12-19H2,1-4H3;3-4,7-10,19H,5-6,11-18,25H2,1-2H3;1-2,5-8,17H,3-4,9-16,27H2. The molecule has 8 aromatic carbocycles. The van der Waals surface area contributed by atoms with Crippen LogP contribution in [0.25, 0.3) is 0 Å². The lowest BCUT2D eigenvalue weighted by Gasteiger charge is -2.36. The second-order valence-corrected chi connectivity index (χ2v) is 43.9. The van der Waals surface area contributed by atoms with E-state index in [1.165, 1.54) is 66.2 Å². The largest absolute Gasteiger partial charge is 0.416 e. The number of para-hydroxylation sites is 4. The molecule has 0 aliphatic carbocycles. The zero-order valence-electron chi connectivity index (χ0n) is 77.6. The zero-order chi connectivity index (χ0) is 94.4. The van der Waals surface area contributed by atoms with Crippen molar-refractivity contribution >= 4 is 119 Å². The van der Waals surface area contributed by atoms with Crippen LogP contribution < -0.4 is 42.1 Å². The van der Waals surface area contributed by atoms with Crippen LogP contribution in [-0.2, 0) is 37.2 Å². The van der Waals surface area contributed by atoms with Gasteiger partial charge in [-0.15, -0.1) is 0 Å². The summed E-state index contributed by atoms with van der Waals surface area (Å²) in [6.07, 6.45) is -1.89. The van der Waals surface area contributed by atoms with Crippen LogP contribution in [0.5, 0.6) is 0 Å².